The first kappa shape index (κ1) is 24.5. The molecule has 3 saturated heterocycles. The second-order valence-corrected chi connectivity index (χ2v) is 10.1. The average molecular weight is 470 g/mol. The lowest BCUT2D eigenvalue weighted by Gasteiger charge is -2.40. The summed E-state index contributed by atoms with van der Waals surface area (Å²) in [6.07, 6.45) is 5.05. The van der Waals surface area contributed by atoms with Crippen LogP contribution in [0, 0.1) is 12.8 Å². The number of urea groups is 1. The van der Waals surface area contributed by atoms with E-state index in [0.29, 0.717) is 38.8 Å². The van der Waals surface area contributed by atoms with Gasteiger partial charge in [0.25, 0.3) is 0 Å². The summed E-state index contributed by atoms with van der Waals surface area (Å²) in [4.78, 5) is 46.6. The minimum Gasteiger partial charge on any atom is -0.340 e. The molecule has 3 aliphatic rings. The van der Waals surface area contributed by atoms with E-state index in [2.05, 4.69) is 17.1 Å². The van der Waals surface area contributed by atoms with Crippen molar-refractivity contribution in [2.24, 2.45) is 5.92 Å². The Hall–Kier alpha value is -2.61. The van der Waals surface area contributed by atoms with Crippen LogP contribution in [0.3, 0.4) is 0 Å². The molecule has 8 heteroatoms. The van der Waals surface area contributed by atoms with Gasteiger partial charge in [0.2, 0.25) is 11.8 Å². The molecule has 4 rings (SSSR count). The molecule has 1 aromatic rings. The van der Waals surface area contributed by atoms with Gasteiger partial charge in [-0.1, -0.05) is 12.1 Å². The molecule has 3 heterocycles. The van der Waals surface area contributed by atoms with E-state index < -0.39 is 0 Å². The van der Waals surface area contributed by atoms with Crippen LogP contribution in [0.25, 0.3) is 0 Å². The number of aryl methyl sites for hydroxylation is 1. The number of amides is 4. The summed E-state index contributed by atoms with van der Waals surface area (Å²) in [6, 6.07) is 7.94. The van der Waals surface area contributed by atoms with Crippen molar-refractivity contribution in [2.45, 2.75) is 52.0 Å². The molecule has 34 heavy (non-hydrogen) atoms. The number of carbonyl (C=O) groups excluding carboxylic acids is 3. The second-order valence-electron chi connectivity index (χ2n) is 10.1. The quantitative estimate of drug-likeness (QED) is 0.736. The Bertz CT molecular complexity index is 883. The number of rotatable bonds is 4. The van der Waals surface area contributed by atoms with Crippen LogP contribution in [0.2, 0.25) is 0 Å². The van der Waals surface area contributed by atoms with E-state index in [1.807, 2.05) is 41.0 Å². The lowest BCUT2D eigenvalue weighted by molar-refractivity contribution is -0.140. The Morgan fingerprint density at radius 1 is 0.941 bits per heavy atom. The van der Waals surface area contributed by atoms with Crippen LogP contribution in [0.5, 0.6) is 0 Å². The SMILES string of the molecule is Cc1cccc(NC(=O)N2CCCC(C(=O)N3CCN(CC(=O)N4CCCCC4C)CC3)C2)c1. The predicted octanol–water partition coefficient (Wildman–Crippen LogP) is 2.78. The Labute approximate surface area is 203 Å². The van der Waals surface area contributed by atoms with Gasteiger partial charge in [-0.15, -0.1) is 0 Å². The molecule has 0 radical (unpaired) electrons. The van der Waals surface area contributed by atoms with Crippen molar-refractivity contribution in [3.05, 3.63) is 29.8 Å². The highest BCUT2D eigenvalue weighted by Crippen LogP contribution is 2.22. The molecule has 4 amide bonds. The largest absolute Gasteiger partial charge is 0.340 e. The van der Waals surface area contributed by atoms with Gasteiger partial charge in [-0.05, 0) is 63.6 Å². The number of hydrogen-bond acceptors (Lipinski definition) is 4. The summed E-state index contributed by atoms with van der Waals surface area (Å²) < 4.78 is 0. The lowest BCUT2D eigenvalue weighted by Crippen LogP contribution is -2.55. The summed E-state index contributed by atoms with van der Waals surface area (Å²) in [6.45, 7) is 9.33. The highest BCUT2D eigenvalue weighted by molar-refractivity contribution is 5.90. The van der Waals surface area contributed by atoms with Gasteiger partial charge in [0, 0.05) is 57.5 Å². The summed E-state index contributed by atoms with van der Waals surface area (Å²) in [5.74, 6) is 0.206. The van der Waals surface area contributed by atoms with Crippen LogP contribution < -0.4 is 5.32 Å². The number of anilines is 1. The normalized spacial score (nSPS) is 24.1. The van der Waals surface area contributed by atoms with E-state index in [1.165, 1.54) is 6.42 Å². The predicted molar refractivity (Wildman–Crippen MR) is 133 cm³/mol. The molecule has 1 N–H and O–H groups in total. The molecule has 0 saturated carbocycles. The summed E-state index contributed by atoms with van der Waals surface area (Å²) in [5, 5.41) is 2.97. The Morgan fingerprint density at radius 3 is 2.47 bits per heavy atom. The van der Waals surface area contributed by atoms with Gasteiger partial charge in [0.05, 0.1) is 12.5 Å². The summed E-state index contributed by atoms with van der Waals surface area (Å²) >= 11 is 0. The Morgan fingerprint density at radius 2 is 1.74 bits per heavy atom. The van der Waals surface area contributed by atoms with Crippen LogP contribution >= 0.6 is 0 Å². The van der Waals surface area contributed by atoms with Crippen molar-refractivity contribution in [3.8, 4) is 0 Å². The number of nitrogens with zero attached hydrogens (tertiary/aromatic N) is 4. The molecule has 186 valence electrons. The first-order valence-electron chi connectivity index (χ1n) is 12.8. The zero-order valence-corrected chi connectivity index (χ0v) is 20.7. The fourth-order valence-corrected chi connectivity index (χ4v) is 5.42. The summed E-state index contributed by atoms with van der Waals surface area (Å²) in [5.41, 5.74) is 1.87. The van der Waals surface area contributed by atoms with Crippen molar-refractivity contribution in [2.75, 3.05) is 57.7 Å². The molecule has 0 aliphatic carbocycles. The molecule has 0 bridgehead atoms. The van der Waals surface area contributed by atoms with Crippen molar-refractivity contribution >= 4 is 23.5 Å². The third-order valence-electron chi connectivity index (χ3n) is 7.49. The fraction of sp³-hybridized carbons (Fsp3) is 0.654. The topological polar surface area (TPSA) is 76.2 Å². The fourth-order valence-electron chi connectivity index (χ4n) is 5.42. The smallest absolute Gasteiger partial charge is 0.321 e. The number of hydrogen-bond donors (Lipinski definition) is 1. The minimum atomic E-state index is -0.153. The van der Waals surface area contributed by atoms with E-state index >= 15 is 0 Å². The molecule has 0 aromatic heterocycles. The van der Waals surface area contributed by atoms with E-state index in [1.54, 1.807) is 4.90 Å². The third kappa shape index (κ3) is 6.09. The first-order chi connectivity index (χ1) is 16.4. The zero-order valence-electron chi connectivity index (χ0n) is 20.7. The number of piperazine rings is 1. The van der Waals surface area contributed by atoms with E-state index in [4.69, 9.17) is 0 Å². The molecule has 3 fully saturated rings. The van der Waals surface area contributed by atoms with Crippen LogP contribution in [0.1, 0.15) is 44.6 Å². The average Bonchev–Trinajstić information content (AvgIpc) is 2.84. The van der Waals surface area contributed by atoms with Crippen molar-refractivity contribution in [3.63, 3.8) is 0 Å². The van der Waals surface area contributed by atoms with Crippen LogP contribution in [-0.4, -0.2) is 95.8 Å². The molecular formula is C26H39N5O3. The van der Waals surface area contributed by atoms with Crippen molar-refractivity contribution < 1.29 is 14.4 Å². The number of piperidine rings is 2. The lowest BCUT2D eigenvalue weighted by atomic mass is 9.96. The second kappa shape index (κ2) is 11.2. The van der Waals surface area contributed by atoms with E-state index in [0.717, 1.165) is 56.6 Å². The van der Waals surface area contributed by atoms with Gasteiger partial charge >= 0.3 is 6.03 Å². The van der Waals surface area contributed by atoms with Crippen LogP contribution in [0.4, 0.5) is 10.5 Å². The molecule has 0 spiro atoms. The maximum absolute atomic E-state index is 13.2. The maximum atomic E-state index is 13.2. The number of likely N-dealkylation sites (tertiary alicyclic amines) is 2. The summed E-state index contributed by atoms with van der Waals surface area (Å²) in [7, 11) is 0. The first-order valence-corrected chi connectivity index (χ1v) is 12.8. The van der Waals surface area contributed by atoms with E-state index in [-0.39, 0.29) is 23.8 Å². The van der Waals surface area contributed by atoms with Gasteiger partial charge in [-0.3, -0.25) is 14.5 Å². The number of carbonyl (C=O) groups is 3. The molecule has 8 nitrogen and oxygen atoms in total. The molecule has 2 unspecified atom stereocenters. The molecular weight excluding hydrogens is 430 g/mol. The van der Waals surface area contributed by atoms with E-state index in [9.17, 15) is 14.4 Å². The third-order valence-corrected chi connectivity index (χ3v) is 7.49. The van der Waals surface area contributed by atoms with Gasteiger partial charge in [-0.25, -0.2) is 4.79 Å². The highest BCUT2D eigenvalue weighted by atomic mass is 16.2. The monoisotopic (exact) mass is 469 g/mol. The minimum absolute atomic E-state index is 0.140. The standard InChI is InChI=1S/C26H39N5O3/c1-20-7-5-10-23(17-20)27-26(34)30-11-6-9-22(18-30)25(33)29-15-13-28(14-16-29)19-24(32)31-12-4-3-8-21(31)2/h5,7,10,17,21-22H,3-4,6,8-9,11-16,18-19H2,1-2H3,(H,27,34). The molecule has 1 aromatic carbocycles. The number of benzene rings is 1. The van der Waals surface area contributed by atoms with Gasteiger partial charge in [0.1, 0.15) is 0 Å². The van der Waals surface area contributed by atoms with Crippen LogP contribution in [0.15, 0.2) is 24.3 Å². The van der Waals surface area contributed by atoms with Crippen molar-refractivity contribution in [1.82, 2.24) is 19.6 Å². The Kier molecular flexibility index (Phi) is 8.08. The highest BCUT2D eigenvalue weighted by Gasteiger charge is 2.33. The van der Waals surface area contributed by atoms with Gasteiger partial charge in [0.15, 0.2) is 0 Å². The van der Waals surface area contributed by atoms with Crippen LogP contribution in [-0.2, 0) is 9.59 Å². The Balaban J connectivity index is 1.24. The molecule has 3 aliphatic heterocycles. The zero-order chi connectivity index (χ0) is 24.1. The van der Waals surface area contributed by atoms with Gasteiger partial charge < -0.3 is 20.0 Å². The number of nitrogens with one attached hydrogen (secondary N) is 1. The van der Waals surface area contributed by atoms with Gasteiger partial charge in [-0.2, -0.15) is 0 Å². The van der Waals surface area contributed by atoms with Crippen molar-refractivity contribution in [1.29, 1.82) is 0 Å². The molecule has 2 atom stereocenters. The maximum Gasteiger partial charge on any atom is 0.321 e.